The summed E-state index contributed by atoms with van der Waals surface area (Å²) >= 11 is 1.53. The molecule has 140 valence electrons. The molecule has 3 amide bonds. The van der Waals surface area contributed by atoms with E-state index in [1.165, 1.54) is 11.3 Å². The van der Waals surface area contributed by atoms with Crippen LogP contribution in [0, 0.1) is 5.92 Å². The lowest BCUT2D eigenvalue weighted by molar-refractivity contribution is -0.136. The average molecular weight is 376 g/mol. The first-order chi connectivity index (χ1) is 12.4. The van der Waals surface area contributed by atoms with Gasteiger partial charge in [0.1, 0.15) is 5.01 Å². The predicted molar refractivity (Wildman–Crippen MR) is 98.3 cm³/mol. The first-order valence-electron chi connectivity index (χ1n) is 8.65. The van der Waals surface area contributed by atoms with Gasteiger partial charge in [-0.15, -0.1) is 11.3 Å². The lowest BCUT2D eigenvalue weighted by Gasteiger charge is -2.29. The molecule has 1 aliphatic rings. The van der Waals surface area contributed by atoms with Crippen LogP contribution in [0.2, 0.25) is 0 Å². The molecule has 26 heavy (non-hydrogen) atoms. The van der Waals surface area contributed by atoms with Gasteiger partial charge in [0.15, 0.2) is 0 Å². The smallest absolute Gasteiger partial charge is 0.317 e. The molecule has 0 spiro atoms. The molecular weight excluding hydrogens is 352 g/mol. The highest BCUT2D eigenvalue weighted by molar-refractivity contribution is 7.09. The van der Waals surface area contributed by atoms with Gasteiger partial charge in [0.25, 0.3) is 0 Å². The van der Waals surface area contributed by atoms with Crippen molar-refractivity contribution in [2.45, 2.75) is 40.0 Å². The lowest BCUT2D eigenvalue weighted by atomic mass is 10.1. The highest BCUT2D eigenvalue weighted by Crippen LogP contribution is 2.16. The zero-order valence-electron chi connectivity index (χ0n) is 15.3. The normalized spacial score (nSPS) is 13.6. The summed E-state index contributed by atoms with van der Waals surface area (Å²) in [4.78, 5) is 32.0. The van der Waals surface area contributed by atoms with Gasteiger partial charge in [-0.05, 0) is 6.07 Å². The first-order valence-corrected chi connectivity index (χ1v) is 9.53. The van der Waals surface area contributed by atoms with Gasteiger partial charge in [-0.1, -0.05) is 13.8 Å². The summed E-state index contributed by atoms with van der Waals surface area (Å²) in [5.74, 6) is 0.160. The van der Waals surface area contributed by atoms with E-state index in [1.807, 2.05) is 34.9 Å². The van der Waals surface area contributed by atoms with Gasteiger partial charge < -0.3 is 15.1 Å². The number of nitrogens with zero attached hydrogens (tertiary/aromatic N) is 5. The number of fused-ring (bicyclic) bond motifs is 1. The predicted octanol–water partition coefficient (Wildman–Crippen LogP) is 1.68. The van der Waals surface area contributed by atoms with Crippen LogP contribution in [0.1, 0.15) is 30.2 Å². The molecule has 8 nitrogen and oxygen atoms in total. The standard InChI is InChI=1S/C17H24N6O2S/c1-12(2)16(24)22-5-6-23-14(10-22)8-13(20-23)9-19-17(25)21(3)11-15-18-4-7-26-15/h4,7-8,12H,5-6,9-11H2,1-3H3,(H,19,25). The van der Waals surface area contributed by atoms with Crippen molar-refractivity contribution < 1.29 is 9.59 Å². The van der Waals surface area contributed by atoms with E-state index >= 15 is 0 Å². The van der Waals surface area contributed by atoms with Crippen LogP contribution in [0.25, 0.3) is 0 Å². The largest absolute Gasteiger partial charge is 0.335 e. The highest BCUT2D eigenvalue weighted by Gasteiger charge is 2.24. The SMILES string of the molecule is CC(C)C(=O)N1CCn2nc(CNC(=O)N(C)Cc3nccs3)cc2C1. The van der Waals surface area contributed by atoms with Gasteiger partial charge in [0.05, 0.1) is 37.6 Å². The molecule has 0 aromatic carbocycles. The summed E-state index contributed by atoms with van der Waals surface area (Å²) in [6, 6.07) is 1.80. The Bertz CT molecular complexity index is 770. The molecule has 0 radical (unpaired) electrons. The van der Waals surface area contributed by atoms with E-state index < -0.39 is 0 Å². The minimum Gasteiger partial charge on any atom is -0.335 e. The number of aromatic nitrogens is 3. The molecule has 0 atom stereocenters. The fraction of sp³-hybridized carbons (Fsp3) is 0.529. The Morgan fingerprint density at radius 3 is 2.88 bits per heavy atom. The lowest BCUT2D eigenvalue weighted by Crippen LogP contribution is -2.40. The third kappa shape index (κ3) is 4.21. The summed E-state index contributed by atoms with van der Waals surface area (Å²) in [6.45, 7) is 6.60. The second kappa shape index (κ2) is 7.86. The van der Waals surface area contributed by atoms with E-state index in [-0.39, 0.29) is 17.9 Å². The molecule has 0 fully saturated rings. The number of urea groups is 1. The Hall–Kier alpha value is -2.42. The van der Waals surface area contributed by atoms with Crippen molar-refractivity contribution in [3.63, 3.8) is 0 Å². The highest BCUT2D eigenvalue weighted by atomic mass is 32.1. The van der Waals surface area contributed by atoms with Crippen LogP contribution in [0.4, 0.5) is 4.79 Å². The molecule has 3 rings (SSSR count). The minimum atomic E-state index is -0.164. The molecule has 0 saturated carbocycles. The maximum Gasteiger partial charge on any atom is 0.317 e. The topological polar surface area (TPSA) is 83.4 Å². The third-order valence-corrected chi connectivity index (χ3v) is 5.04. The molecule has 2 aromatic heterocycles. The average Bonchev–Trinajstić information content (AvgIpc) is 3.27. The van der Waals surface area contributed by atoms with E-state index in [0.29, 0.717) is 32.7 Å². The maximum atomic E-state index is 12.2. The summed E-state index contributed by atoms with van der Waals surface area (Å²) in [5, 5.41) is 10.2. The van der Waals surface area contributed by atoms with Crippen LogP contribution in [-0.2, 0) is 31.0 Å². The summed E-state index contributed by atoms with van der Waals surface area (Å²) < 4.78 is 1.92. The molecule has 9 heteroatoms. The number of thiazole rings is 1. The summed E-state index contributed by atoms with van der Waals surface area (Å²) in [6.07, 6.45) is 1.73. The second-order valence-electron chi connectivity index (χ2n) is 6.71. The van der Waals surface area contributed by atoms with Gasteiger partial charge in [-0.2, -0.15) is 5.10 Å². The number of rotatable bonds is 5. The van der Waals surface area contributed by atoms with Crippen LogP contribution in [0.3, 0.4) is 0 Å². The van der Waals surface area contributed by atoms with Crippen LogP contribution < -0.4 is 5.32 Å². The Morgan fingerprint density at radius 2 is 2.19 bits per heavy atom. The summed E-state index contributed by atoms with van der Waals surface area (Å²) in [7, 11) is 1.74. The zero-order valence-corrected chi connectivity index (χ0v) is 16.1. The Labute approximate surface area is 156 Å². The Kier molecular flexibility index (Phi) is 5.55. The monoisotopic (exact) mass is 376 g/mol. The number of carbonyl (C=O) groups excluding carboxylic acids is 2. The van der Waals surface area contributed by atoms with Gasteiger partial charge in [0, 0.05) is 31.1 Å². The van der Waals surface area contributed by atoms with Crippen molar-refractivity contribution in [3.05, 3.63) is 34.0 Å². The van der Waals surface area contributed by atoms with Gasteiger partial charge in [0.2, 0.25) is 5.91 Å². The fourth-order valence-electron chi connectivity index (χ4n) is 2.87. The number of nitrogens with one attached hydrogen (secondary N) is 1. The molecule has 3 heterocycles. The van der Waals surface area contributed by atoms with Crippen molar-refractivity contribution in [2.24, 2.45) is 5.92 Å². The van der Waals surface area contributed by atoms with E-state index in [4.69, 9.17) is 0 Å². The number of hydrogen-bond acceptors (Lipinski definition) is 5. The third-order valence-electron chi connectivity index (χ3n) is 4.28. The minimum absolute atomic E-state index is 0.00315. The zero-order chi connectivity index (χ0) is 18.7. The quantitative estimate of drug-likeness (QED) is 0.861. The van der Waals surface area contributed by atoms with Crippen LogP contribution in [-0.4, -0.2) is 50.1 Å². The van der Waals surface area contributed by atoms with Gasteiger partial charge in [-0.3, -0.25) is 9.48 Å². The van der Waals surface area contributed by atoms with Crippen LogP contribution in [0.5, 0.6) is 0 Å². The molecule has 0 aliphatic carbocycles. The van der Waals surface area contributed by atoms with Crippen LogP contribution in [0.15, 0.2) is 17.6 Å². The van der Waals surface area contributed by atoms with E-state index in [0.717, 1.165) is 16.4 Å². The Balaban J connectivity index is 1.54. The van der Waals surface area contributed by atoms with Crippen molar-refractivity contribution in [2.75, 3.05) is 13.6 Å². The fourth-order valence-corrected chi connectivity index (χ4v) is 3.54. The molecule has 0 bridgehead atoms. The van der Waals surface area contributed by atoms with Gasteiger partial charge in [-0.25, -0.2) is 9.78 Å². The molecule has 1 aliphatic heterocycles. The Morgan fingerprint density at radius 1 is 1.38 bits per heavy atom. The van der Waals surface area contributed by atoms with Crippen molar-refractivity contribution >= 4 is 23.3 Å². The van der Waals surface area contributed by atoms with E-state index in [2.05, 4.69) is 15.4 Å². The van der Waals surface area contributed by atoms with Crippen molar-refractivity contribution in [3.8, 4) is 0 Å². The molecule has 1 N–H and O–H groups in total. The van der Waals surface area contributed by atoms with E-state index in [1.54, 1.807) is 18.1 Å². The summed E-state index contributed by atoms with van der Waals surface area (Å²) in [5.41, 5.74) is 1.81. The molecular formula is C17H24N6O2S. The first kappa shape index (κ1) is 18.4. The number of amides is 3. The second-order valence-corrected chi connectivity index (χ2v) is 7.68. The van der Waals surface area contributed by atoms with Crippen molar-refractivity contribution in [1.29, 1.82) is 0 Å². The molecule has 0 unspecified atom stereocenters. The molecule has 2 aromatic rings. The van der Waals surface area contributed by atoms with Crippen molar-refractivity contribution in [1.82, 2.24) is 29.9 Å². The van der Waals surface area contributed by atoms with Crippen LogP contribution >= 0.6 is 11.3 Å². The molecule has 0 saturated heterocycles. The number of hydrogen-bond donors (Lipinski definition) is 1. The maximum absolute atomic E-state index is 12.2. The van der Waals surface area contributed by atoms with Gasteiger partial charge >= 0.3 is 6.03 Å². The van der Waals surface area contributed by atoms with E-state index in [9.17, 15) is 9.59 Å². The number of carbonyl (C=O) groups is 2.